The second kappa shape index (κ2) is 9.20. The van der Waals surface area contributed by atoms with E-state index in [0.29, 0.717) is 36.9 Å². The zero-order valence-corrected chi connectivity index (χ0v) is 15.6. The fourth-order valence-electron chi connectivity index (χ4n) is 2.92. The van der Waals surface area contributed by atoms with Crippen LogP contribution in [0.4, 0.5) is 4.79 Å². The topological polar surface area (TPSA) is 116 Å². The maximum atomic E-state index is 11.5. The van der Waals surface area contributed by atoms with Crippen LogP contribution in [0.15, 0.2) is 24.3 Å². The lowest BCUT2D eigenvalue weighted by Gasteiger charge is -2.30. The van der Waals surface area contributed by atoms with Crippen molar-refractivity contribution in [3.05, 3.63) is 29.8 Å². The van der Waals surface area contributed by atoms with E-state index in [-0.39, 0.29) is 13.0 Å². The zero-order valence-electron chi connectivity index (χ0n) is 14.8. The first-order valence-electron chi connectivity index (χ1n) is 8.58. The molecule has 26 heavy (non-hydrogen) atoms. The lowest BCUT2D eigenvalue weighted by molar-refractivity contribution is 0.160. The minimum absolute atomic E-state index is 0.167. The van der Waals surface area contributed by atoms with Crippen LogP contribution in [-0.2, 0) is 10.0 Å². The van der Waals surface area contributed by atoms with E-state index >= 15 is 0 Å². The summed E-state index contributed by atoms with van der Waals surface area (Å²) in [6.07, 6.45) is 1.14. The van der Waals surface area contributed by atoms with Crippen LogP contribution in [0.25, 0.3) is 0 Å². The van der Waals surface area contributed by atoms with E-state index in [0.717, 1.165) is 12.8 Å². The van der Waals surface area contributed by atoms with E-state index < -0.39 is 22.2 Å². The fourth-order valence-corrected chi connectivity index (χ4v) is 3.79. The molecule has 1 aromatic carbocycles. The minimum atomic E-state index is -3.12. The second-order valence-electron chi connectivity index (χ2n) is 6.53. The molecule has 1 heterocycles. The van der Waals surface area contributed by atoms with Crippen molar-refractivity contribution >= 4 is 16.1 Å². The van der Waals surface area contributed by atoms with Gasteiger partial charge in [0.25, 0.3) is 0 Å². The molecule has 1 fully saturated rings. The maximum Gasteiger partial charge on any atom is 0.404 e. The molecule has 0 bridgehead atoms. The standard InChI is InChI=1S/C17H26N2O6S/c1-26(23,24)19-9-6-13(7-10-19)12-25-15-4-2-3-14(11-15)16(20)5-8-18-17(21)22/h2-4,11,13,16,18,20H,5-10,12H2,1H3,(H,21,22). The number of aliphatic hydroxyl groups is 1. The van der Waals surface area contributed by atoms with E-state index in [1.165, 1.54) is 10.6 Å². The summed E-state index contributed by atoms with van der Waals surface area (Å²) < 4.78 is 30.3. The molecule has 0 aliphatic carbocycles. The van der Waals surface area contributed by atoms with Crippen LogP contribution in [0.3, 0.4) is 0 Å². The normalized spacial score (nSPS) is 17.6. The fraction of sp³-hybridized carbons (Fsp3) is 0.588. The summed E-state index contributed by atoms with van der Waals surface area (Å²) in [5.74, 6) is 0.930. The second-order valence-corrected chi connectivity index (χ2v) is 8.51. The van der Waals surface area contributed by atoms with Gasteiger partial charge in [0.1, 0.15) is 5.75 Å². The third-order valence-corrected chi connectivity index (χ3v) is 5.77. The van der Waals surface area contributed by atoms with Gasteiger partial charge in [-0.1, -0.05) is 12.1 Å². The third-order valence-electron chi connectivity index (χ3n) is 4.47. The monoisotopic (exact) mass is 386 g/mol. The number of piperidine rings is 1. The Bertz CT molecular complexity index is 701. The number of amides is 1. The number of nitrogens with zero attached hydrogens (tertiary/aromatic N) is 1. The van der Waals surface area contributed by atoms with Gasteiger partial charge in [-0.3, -0.25) is 0 Å². The van der Waals surface area contributed by atoms with Gasteiger partial charge in [0.2, 0.25) is 10.0 Å². The molecule has 3 N–H and O–H groups in total. The molecule has 0 saturated carbocycles. The number of nitrogens with one attached hydrogen (secondary N) is 1. The Morgan fingerprint density at radius 1 is 1.38 bits per heavy atom. The number of benzene rings is 1. The molecule has 1 aliphatic rings. The summed E-state index contributed by atoms with van der Waals surface area (Å²) in [7, 11) is -3.12. The summed E-state index contributed by atoms with van der Waals surface area (Å²) in [5.41, 5.74) is 0.668. The van der Waals surface area contributed by atoms with E-state index in [1.54, 1.807) is 24.3 Å². The highest BCUT2D eigenvalue weighted by molar-refractivity contribution is 7.88. The zero-order chi connectivity index (χ0) is 19.2. The van der Waals surface area contributed by atoms with Crippen LogP contribution in [0.1, 0.15) is 30.9 Å². The highest BCUT2D eigenvalue weighted by atomic mass is 32.2. The first kappa shape index (κ1) is 20.5. The SMILES string of the molecule is CS(=O)(=O)N1CCC(COc2cccc(C(O)CCNC(=O)O)c2)CC1. The summed E-state index contributed by atoms with van der Waals surface area (Å²) in [5, 5.41) is 20.9. The molecule has 0 spiro atoms. The predicted octanol–water partition coefficient (Wildman–Crippen LogP) is 1.43. The van der Waals surface area contributed by atoms with Crippen LogP contribution in [0.5, 0.6) is 5.75 Å². The smallest absolute Gasteiger partial charge is 0.404 e. The number of hydrogen-bond donors (Lipinski definition) is 3. The van der Waals surface area contributed by atoms with Crippen molar-refractivity contribution < 1.29 is 28.2 Å². The van der Waals surface area contributed by atoms with Crippen LogP contribution < -0.4 is 10.1 Å². The van der Waals surface area contributed by atoms with Gasteiger partial charge < -0.3 is 20.3 Å². The lowest BCUT2D eigenvalue weighted by Crippen LogP contribution is -2.39. The molecule has 2 rings (SSSR count). The molecule has 146 valence electrons. The molecule has 1 atom stereocenters. The number of rotatable bonds is 8. The highest BCUT2D eigenvalue weighted by Crippen LogP contribution is 2.24. The predicted molar refractivity (Wildman–Crippen MR) is 96.7 cm³/mol. The average molecular weight is 386 g/mol. The van der Waals surface area contributed by atoms with Crippen molar-refractivity contribution in [1.82, 2.24) is 9.62 Å². The Hall–Kier alpha value is -1.84. The average Bonchev–Trinajstić information content (AvgIpc) is 2.59. The molecular weight excluding hydrogens is 360 g/mol. The van der Waals surface area contributed by atoms with Crippen molar-refractivity contribution in [2.45, 2.75) is 25.4 Å². The van der Waals surface area contributed by atoms with Gasteiger partial charge in [-0.2, -0.15) is 0 Å². The first-order chi connectivity index (χ1) is 12.3. The number of carboxylic acid groups (broad SMARTS) is 1. The van der Waals surface area contributed by atoms with Gasteiger partial charge in [-0.05, 0) is 42.9 Å². The quantitative estimate of drug-likeness (QED) is 0.622. The van der Waals surface area contributed by atoms with Gasteiger partial charge >= 0.3 is 6.09 Å². The van der Waals surface area contributed by atoms with E-state index in [2.05, 4.69) is 5.32 Å². The minimum Gasteiger partial charge on any atom is -0.493 e. The summed E-state index contributed by atoms with van der Waals surface area (Å²) >= 11 is 0. The summed E-state index contributed by atoms with van der Waals surface area (Å²) in [4.78, 5) is 10.4. The molecular formula is C17H26N2O6S. The first-order valence-corrected chi connectivity index (χ1v) is 10.4. The Morgan fingerprint density at radius 3 is 2.69 bits per heavy atom. The van der Waals surface area contributed by atoms with Gasteiger partial charge in [0, 0.05) is 19.6 Å². The Kier molecular flexibility index (Phi) is 7.24. The molecule has 1 unspecified atom stereocenters. The van der Waals surface area contributed by atoms with Crippen LogP contribution >= 0.6 is 0 Å². The van der Waals surface area contributed by atoms with Crippen LogP contribution in [0, 0.1) is 5.92 Å². The van der Waals surface area contributed by atoms with Crippen molar-refractivity contribution in [2.24, 2.45) is 5.92 Å². The maximum absolute atomic E-state index is 11.5. The summed E-state index contributed by atoms with van der Waals surface area (Å²) in [6, 6.07) is 7.10. The Balaban J connectivity index is 1.81. The van der Waals surface area contributed by atoms with Crippen LogP contribution in [-0.4, -0.2) is 61.5 Å². The Labute approximate surface area is 153 Å². The van der Waals surface area contributed by atoms with Crippen molar-refractivity contribution in [3.63, 3.8) is 0 Å². The molecule has 1 aromatic rings. The summed E-state index contributed by atoms with van der Waals surface area (Å²) in [6.45, 7) is 1.70. The molecule has 0 aromatic heterocycles. The van der Waals surface area contributed by atoms with Gasteiger partial charge in [0.15, 0.2) is 0 Å². The number of sulfonamides is 1. The van der Waals surface area contributed by atoms with Crippen molar-refractivity contribution in [1.29, 1.82) is 0 Å². The van der Waals surface area contributed by atoms with E-state index in [4.69, 9.17) is 9.84 Å². The highest BCUT2D eigenvalue weighted by Gasteiger charge is 2.25. The largest absolute Gasteiger partial charge is 0.493 e. The van der Waals surface area contributed by atoms with E-state index in [1.807, 2.05) is 0 Å². The van der Waals surface area contributed by atoms with Gasteiger partial charge in [-0.15, -0.1) is 0 Å². The Morgan fingerprint density at radius 2 is 2.08 bits per heavy atom. The van der Waals surface area contributed by atoms with E-state index in [9.17, 15) is 18.3 Å². The molecule has 8 nitrogen and oxygen atoms in total. The van der Waals surface area contributed by atoms with Crippen molar-refractivity contribution in [3.8, 4) is 5.75 Å². The van der Waals surface area contributed by atoms with Gasteiger partial charge in [0.05, 0.1) is 19.0 Å². The molecule has 0 radical (unpaired) electrons. The lowest BCUT2D eigenvalue weighted by atomic mass is 9.99. The molecule has 9 heteroatoms. The third kappa shape index (κ3) is 6.47. The molecule has 1 amide bonds. The molecule has 1 saturated heterocycles. The van der Waals surface area contributed by atoms with Gasteiger partial charge in [-0.25, -0.2) is 17.5 Å². The molecule has 1 aliphatic heterocycles. The number of ether oxygens (including phenoxy) is 1. The number of aliphatic hydroxyl groups excluding tert-OH is 1. The number of hydrogen-bond acceptors (Lipinski definition) is 5. The number of carbonyl (C=O) groups is 1. The van der Waals surface area contributed by atoms with Crippen molar-refractivity contribution in [2.75, 3.05) is 32.5 Å². The van der Waals surface area contributed by atoms with Crippen LogP contribution in [0.2, 0.25) is 0 Å².